The van der Waals surface area contributed by atoms with Gasteiger partial charge < -0.3 is 4.90 Å². The number of piperidine rings is 2. The molecule has 0 aromatic heterocycles. The number of carbonyl (C=O) groups is 1. The van der Waals surface area contributed by atoms with E-state index in [2.05, 4.69) is 17.1 Å². The minimum absolute atomic E-state index is 0.0451. The average Bonchev–Trinajstić information content (AvgIpc) is 2.93. The van der Waals surface area contributed by atoms with Crippen molar-refractivity contribution in [2.75, 3.05) is 32.1 Å². The van der Waals surface area contributed by atoms with Crippen LogP contribution in [0.25, 0.3) is 0 Å². The van der Waals surface area contributed by atoms with Gasteiger partial charge in [0.2, 0.25) is 5.91 Å². The van der Waals surface area contributed by atoms with Crippen LogP contribution in [0.5, 0.6) is 0 Å². The van der Waals surface area contributed by atoms with Crippen molar-refractivity contribution in [1.29, 1.82) is 0 Å². The zero-order valence-corrected chi connectivity index (χ0v) is 27.1. The molecule has 3 heterocycles. The van der Waals surface area contributed by atoms with Crippen molar-refractivity contribution in [2.45, 2.75) is 58.7 Å². The normalized spacial score (nSPS) is 22.2. The minimum Gasteiger partial charge on any atom is -0.339 e. The fraction of sp³-hybridized carbons (Fsp3) is 0.548. The third kappa shape index (κ3) is 9.70. The van der Waals surface area contributed by atoms with Crippen molar-refractivity contribution in [3.63, 3.8) is 0 Å². The number of amides is 1. The van der Waals surface area contributed by atoms with E-state index in [1.165, 1.54) is 4.01 Å². The van der Waals surface area contributed by atoms with Gasteiger partial charge in [-0.05, 0) is 97.3 Å². The summed E-state index contributed by atoms with van der Waals surface area (Å²) in [5.74, 6) is 1.57. The molecule has 40 heavy (non-hydrogen) atoms. The lowest BCUT2D eigenvalue weighted by molar-refractivity contribution is -0.127. The molecule has 0 aromatic rings. The molecular weight excluding hydrogens is 671 g/mol. The lowest BCUT2D eigenvalue weighted by atomic mass is 9.87. The molecule has 3 nitrogen and oxygen atoms in total. The number of rotatable bonds is 9. The van der Waals surface area contributed by atoms with Crippen LogP contribution in [0.4, 0.5) is 13.2 Å². The van der Waals surface area contributed by atoms with Crippen LogP contribution in [0.15, 0.2) is 68.4 Å². The lowest BCUT2D eigenvalue weighted by Gasteiger charge is -2.43. The maximum Gasteiger partial charge on any atom is 0.416 e. The van der Waals surface area contributed by atoms with Gasteiger partial charge >= 0.3 is 6.18 Å². The van der Waals surface area contributed by atoms with Gasteiger partial charge in [0.25, 0.3) is 0 Å². The predicted octanol–water partition coefficient (Wildman–Crippen LogP) is 8.54. The van der Waals surface area contributed by atoms with Gasteiger partial charge in [0.05, 0.1) is 5.57 Å². The molecular formula is C31H40Cl2F3IN2O. The maximum atomic E-state index is 13.2. The van der Waals surface area contributed by atoms with Crippen molar-refractivity contribution in [3.05, 3.63) is 68.4 Å². The summed E-state index contributed by atoms with van der Waals surface area (Å²) in [5.41, 5.74) is 0.265. The second-order valence-corrected chi connectivity index (χ2v) is 14.0. The number of hydrogen-bond donors (Lipinski definition) is 0. The molecule has 3 rings (SSSR count). The van der Waals surface area contributed by atoms with Gasteiger partial charge in [0.1, 0.15) is 0 Å². The average molecular weight is 711 g/mol. The highest BCUT2D eigenvalue weighted by Gasteiger charge is 2.34. The molecule has 3 aliphatic heterocycles. The van der Waals surface area contributed by atoms with Crippen molar-refractivity contribution in [1.82, 2.24) is 9.80 Å². The Bertz CT molecular complexity index is 1090. The van der Waals surface area contributed by atoms with Gasteiger partial charge in [-0.25, -0.2) is 0 Å². The van der Waals surface area contributed by atoms with E-state index in [1.54, 1.807) is 12.2 Å². The number of halogens is 6. The first-order chi connectivity index (χ1) is 19.0. The molecule has 0 aliphatic carbocycles. The van der Waals surface area contributed by atoms with E-state index in [0.717, 1.165) is 59.0 Å². The summed E-state index contributed by atoms with van der Waals surface area (Å²) in [5, 5.41) is 0.724. The molecule has 222 valence electrons. The number of likely N-dealkylation sites (tertiary alicyclic amines) is 2. The first-order valence-electron chi connectivity index (χ1n) is 14.0. The molecule has 9 heteroatoms. The Hall–Kier alpha value is -1.16. The highest BCUT2D eigenvalue weighted by atomic mass is 127. The van der Waals surface area contributed by atoms with Crippen LogP contribution in [-0.2, 0) is 4.79 Å². The Labute approximate surface area is 257 Å². The zero-order chi connectivity index (χ0) is 29.3. The number of carbonyl (C=O) groups excluding carboxylic acids is 1. The monoisotopic (exact) mass is 710 g/mol. The molecule has 2 saturated heterocycles. The van der Waals surface area contributed by atoms with Gasteiger partial charge in [-0.15, -0.1) is 11.6 Å². The van der Waals surface area contributed by atoms with Crippen LogP contribution in [-0.4, -0.2) is 64.0 Å². The summed E-state index contributed by atoms with van der Waals surface area (Å²) in [6.45, 7) is 9.29. The van der Waals surface area contributed by atoms with E-state index in [-0.39, 0.29) is 11.8 Å². The number of nitrogens with zero attached hydrogens (tertiary/aromatic N) is 2. The quantitative estimate of drug-likeness (QED) is 0.104. The molecule has 0 radical (unpaired) electrons. The first-order valence-corrected chi connectivity index (χ1v) is 17.2. The zero-order valence-electron chi connectivity index (χ0n) is 23.4. The summed E-state index contributed by atoms with van der Waals surface area (Å²) in [4.78, 5) is 17.6. The predicted molar refractivity (Wildman–Crippen MR) is 171 cm³/mol. The number of alkyl halides is 4. The van der Waals surface area contributed by atoms with Gasteiger partial charge in [0, 0.05) is 39.7 Å². The smallest absolute Gasteiger partial charge is 0.339 e. The van der Waals surface area contributed by atoms with Gasteiger partial charge in [-0.3, -0.25) is 9.69 Å². The van der Waals surface area contributed by atoms with E-state index >= 15 is 0 Å². The van der Waals surface area contributed by atoms with E-state index in [4.69, 9.17) is 23.2 Å². The van der Waals surface area contributed by atoms with E-state index in [9.17, 15) is 18.0 Å². The number of hydrogen-bond acceptors (Lipinski definition) is 2. The fourth-order valence-corrected chi connectivity index (χ4v) is 8.80. The summed E-state index contributed by atoms with van der Waals surface area (Å²) in [6, 6.07) is 0.303. The van der Waals surface area contributed by atoms with Gasteiger partial charge in [-0.1, -0.05) is 64.4 Å². The molecule has 0 spiro atoms. The Morgan fingerprint density at radius 1 is 1.12 bits per heavy atom. The van der Waals surface area contributed by atoms with Gasteiger partial charge in [0.15, 0.2) is 0 Å². The Morgan fingerprint density at radius 3 is 2.33 bits per heavy atom. The largest absolute Gasteiger partial charge is 0.416 e. The summed E-state index contributed by atoms with van der Waals surface area (Å²) in [6.07, 6.45) is 14.0. The third-order valence-electron chi connectivity index (χ3n) is 7.76. The Balaban J connectivity index is 1.55. The fourth-order valence-electron chi connectivity index (χ4n) is 5.39. The van der Waals surface area contributed by atoms with E-state index in [0.29, 0.717) is 36.8 Å². The SMILES string of the molecule is C\C=C/C(Cl)=C\C=C\C1CCN(C(CCl)C2CCN(C(=O)/C=C(/C3=CC=C(C(F)(F)F)C=I3)C(C)C)CC2)CC1. The van der Waals surface area contributed by atoms with Crippen LogP contribution in [0.3, 0.4) is 0 Å². The van der Waals surface area contributed by atoms with E-state index < -0.39 is 32.5 Å². The topological polar surface area (TPSA) is 23.6 Å². The van der Waals surface area contributed by atoms with Crippen LogP contribution in [0, 0.1) is 17.8 Å². The van der Waals surface area contributed by atoms with Crippen molar-refractivity contribution >= 4 is 53.9 Å². The highest BCUT2D eigenvalue weighted by molar-refractivity contribution is 14.2. The summed E-state index contributed by atoms with van der Waals surface area (Å²) in [7, 11) is 0. The number of allylic oxidation sites excluding steroid dienone is 11. The molecule has 1 amide bonds. The van der Waals surface area contributed by atoms with Crippen LogP contribution >= 0.6 is 43.9 Å². The van der Waals surface area contributed by atoms with E-state index in [1.807, 2.05) is 43.9 Å². The van der Waals surface area contributed by atoms with Crippen LogP contribution < -0.4 is 0 Å². The molecule has 0 aromatic carbocycles. The summed E-state index contributed by atoms with van der Waals surface area (Å²) < 4.78 is 41.2. The molecule has 3 aliphatic rings. The molecule has 0 N–H and O–H groups in total. The lowest BCUT2D eigenvalue weighted by Crippen LogP contribution is -2.49. The molecule has 1 unspecified atom stereocenters. The van der Waals surface area contributed by atoms with Crippen molar-refractivity contribution < 1.29 is 18.0 Å². The highest BCUT2D eigenvalue weighted by Crippen LogP contribution is 2.36. The molecule has 0 bridgehead atoms. The standard InChI is InChI=1S/C31H40Cl2F3IN2O/c1-4-6-26(33)8-5-7-23-11-15-38(16-12-23)29(20-32)24-13-17-39(18-14-24)30(40)19-27(22(2)3)28-10-9-25(21-37-28)31(34,35)36/h4-10,19,21-24,29H,11-18,20H2,1-3H3/b6-4-,7-5+,26-8+,27-19+. The third-order valence-corrected chi connectivity index (χ3v) is 11.0. The maximum absolute atomic E-state index is 13.2. The Kier molecular flexibility index (Phi) is 13.3. The van der Waals surface area contributed by atoms with Crippen molar-refractivity contribution in [3.8, 4) is 0 Å². The Morgan fingerprint density at radius 2 is 1.80 bits per heavy atom. The van der Waals surface area contributed by atoms with Crippen molar-refractivity contribution in [2.24, 2.45) is 17.8 Å². The second-order valence-electron chi connectivity index (χ2n) is 10.8. The minimum atomic E-state index is -4.32. The van der Waals surface area contributed by atoms with Crippen LogP contribution in [0.2, 0.25) is 0 Å². The molecule has 0 saturated carbocycles. The summed E-state index contributed by atoms with van der Waals surface area (Å²) >= 11 is 11.7. The molecule has 2 fully saturated rings. The molecule has 1 atom stereocenters. The van der Waals surface area contributed by atoms with Gasteiger partial charge in [-0.2, -0.15) is 13.2 Å². The second kappa shape index (κ2) is 15.9. The first kappa shape index (κ1) is 33.3. The van der Waals surface area contributed by atoms with Crippen LogP contribution in [0.1, 0.15) is 46.5 Å².